The Morgan fingerprint density at radius 2 is 1.83 bits per heavy atom. The molecule has 0 bridgehead atoms. The standard InChI is InChI=1S/C17H21Cl2N3O2/c1-20(2)17(24)12-21-7-9-22(10-8-21)16(23)6-4-13-3-5-14(18)11-15(13)19/h3-6,11H,7-10,12H2,1-2H3/b6-4+. The predicted molar refractivity (Wildman–Crippen MR) is 97.2 cm³/mol. The van der Waals surface area contributed by atoms with E-state index in [9.17, 15) is 9.59 Å². The van der Waals surface area contributed by atoms with E-state index in [4.69, 9.17) is 23.2 Å². The lowest BCUT2D eigenvalue weighted by Gasteiger charge is -2.34. The van der Waals surface area contributed by atoms with Gasteiger partial charge in [0.15, 0.2) is 0 Å². The largest absolute Gasteiger partial charge is 0.348 e. The Kier molecular flexibility index (Phi) is 6.66. The fourth-order valence-corrected chi connectivity index (χ4v) is 2.83. The molecular formula is C17H21Cl2N3O2. The third kappa shape index (κ3) is 5.23. The van der Waals surface area contributed by atoms with Gasteiger partial charge in [-0.2, -0.15) is 0 Å². The molecule has 130 valence electrons. The van der Waals surface area contributed by atoms with Gasteiger partial charge in [-0.1, -0.05) is 29.3 Å². The van der Waals surface area contributed by atoms with Gasteiger partial charge in [-0.3, -0.25) is 14.5 Å². The topological polar surface area (TPSA) is 43.9 Å². The highest BCUT2D eigenvalue weighted by molar-refractivity contribution is 6.35. The molecule has 5 nitrogen and oxygen atoms in total. The van der Waals surface area contributed by atoms with Gasteiger partial charge in [0.2, 0.25) is 11.8 Å². The second-order valence-electron chi connectivity index (χ2n) is 5.89. The van der Waals surface area contributed by atoms with E-state index in [-0.39, 0.29) is 11.8 Å². The fraction of sp³-hybridized carbons (Fsp3) is 0.412. The van der Waals surface area contributed by atoms with Crippen molar-refractivity contribution in [2.75, 3.05) is 46.8 Å². The zero-order valence-electron chi connectivity index (χ0n) is 13.8. The summed E-state index contributed by atoms with van der Waals surface area (Å²) in [4.78, 5) is 29.4. The van der Waals surface area contributed by atoms with E-state index in [1.807, 2.05) is 0 Å². The molecule has 0 radical (unpaired) electrons. The molecule has 0 aromatic heterocycles. The Labute approximate surface area is 152 Å². The molecule has 1 aliphatic heterocycles. The van der Waals surface area contributed by atoms with Crippen LogP contribution in [0.2, 0.25) is 10.0 Å². The number of rotatable bonds is 4. The summed E-state index contributed by atoms with van der Waals surface area (Å²) >= 11 is 11.9. The van der Waals surface area contributed by atoms with Crippen LogP contribution >= 0.6 is 23.2 Å². The van der Waals surface area contributed by atoms with Crippen molar-refractivity contribution in [1.29, 1.82) is 0 Å². The van der Waals surface area contributed by atoms with Gasteiger partial charge in [0.05, 0.1) is 6.54 Å². The van der Waals surface area contributed by atoms with Crippen LogP contribution in [0.4, 0.5) is 0 Å². The molecule has 24 heavy (non-hydrogen) atoms. The minimum Gasteiger partial charge on any atom is -0.348 e. The van der Waals surface area contributed by atoms with Crippen molar-refractivity contribution in [1.82, 2.24) is 14.7 Å². The zero-order chi connectivity index (χ0) is 17.7. The number of hydrogen-bond donors (Lipinski definition) is 0. The molecule has 1 aromatic rings. The number of benzene rings is 1. The summed E-state index contributed by atoms with van der Waals surface area (Å²) in [7, 11) is 3.49. The second kappa shape index (κ2) is 8.51. The molecule has 1 aromatic carbocycles. The lowest BCUT2D eigenvalue weighted by molar-refractivity contribution is -0.131. The number of carbonyl (C=O) groups is 2. The molecule has 2 rings (SSSR count). The smallest absolute Gasteiger partial charge is 0.246 e. The molecule has 0 unspecified atom stereocenters. The van der Waals surface area contributed by atoms with Gasteiger partial charge in [-0.05, 0) is 23.8 Å². The predicted octanol–water partition coefficient (Wildman–Crippen LogP) is 2.24. The number of piperazine rings is 1. The average Bonchev–Trinajstić information content (AvgIpc) is 2.54. The van der Waals surface area contributed by atoms with Gasteiger partial charge in [-0.25, -0.2) is 0 Å². The van der Waals surface area contributed by atoms with E-state index < -0.39 is 0 Å². The summed E-state index contributed by atoms with van der Waals surface area (Å²) in [5.74, 6) is 0.0201. The van der Waals surface area contributed by atoms with Crippen LogP contribution < -0.4 is 0 Å². The van der Waals surface area contributed by atoms with Crippen LogP contribution in [0.3, 0.4) is 0 Å². The number of carbonyl (C=O) groups excluding carboxylic acids is 2. The van der Waals surface area contributed by atoms with Crippen LogP contribution in [-0.2, 0) is 9.59 Å². The van der Waals surface area contributed by atoms with E-state index in [0.29, 0.717) is 42.8 Å². The number of nitrogens with zero attached hydrogens (tertiary/aromatic N) is 3. The Bertz CT molecular complexity index is 639. The van der Waals surface area contributed by atoms with Gasteiger partial charge in [0.25, 0.3) is 0 Å². The molecule has 7 heteroatoms. The highest BCUT2D eigenvalue weighted by Crippen LogP contribution is 2.22. The fourth-order valence-electron chi connectivity index (χ4n) is 2.36. The molecule has 0 spiro atoms. The van der Waals surface area contributed by atoms with Crippen LogP contribution in [-0.4, -0.2) is 73.3 Å². The summed E-state index contributed by atoms with van der Waals surface area (Å²) in [5, 5.41) is 1.07. The van der Waals surface area contributed by atoms with E-state index in [1.54, 1.807) is 48.2 Å². The highest BCUT2D eigenvalue weighted by atomic mass is 35.5. The summed E-state index contributed by atoms with van der Waals surface area (Å²) in [6, 6.07) is 5.16. The Morgan fingerprint density at radius 1 is 1.17 bits per heavy atom. The maximum absolute atomic E-state index is 12.3. The molecule has 0 atom stereocenters. The molecule has 2 amide bonds. The lowest BCUT2D eigenvalue weighted by Crippen LogP contribution is -2.50. The molecule has 0 N–H and O–H groups in total. The highest BCUT2D eigenvalue weighted by Gasteiger charge is 2.21. The minimum atomic E-state index is -0.0559. The summed E-state index contributed by atoms with van der Waals surface area (Å²) in [6.45, 7) is 3.00. The maximum atomic E-state index is 12.3. The Hall–Kier alpha value is -1.56. The summed E-state index contributed by atoms with van der Waals surface area (Å²) in [5.41, 5.74) is 0.754. The number of amides is 2. The zero-order valence-corrected chi connectivity index (χ0v) is 15.3. The van der Waals surface area contributed by atoms with Crippen molar-refractivity contribution in [3.05, 3.63) is 39.9 Å². The number of halogens is 2. The van der Waals surface area contributed by atoms with Crippen molar-refractivity contribution in [3.63, 3.8) is 0 Å². The Morgan fingerprint density at radius 3 is 2.42 bits per heavy atom. The van der Waals surface area contributed by atoms with Gasteiger partial charge >= 0.3 is 0 Å². The van der Waals surface area contributed by atoms with Crippen LogP contribution in [0.1, 0.15) is 5.56 Å². The summed E-state index contributed by atoms with van der Waals surface area (Å²) < 4.78 is 0. The monoisotopic (exact) mass is 369 g/mol. The number of hydrogen-bond acceptors (Lipinski definition) is 3. The SMILES string of the molecule is CN(C)C(=O)CN1CCN(C(=O)/C=C/c2ccc(Cl)cc2Cl)CC1. The Balaban J connectivity index is 1.86. The van der Waals surface area contributed by atoms with E-state index >= 15 is 0 Å². The van der Waals surface area contributed by atoms with Gasteiger partial charge in [0, 0.05) is 56.4 Å². The van der Waals surface area contributed by atoms with E-state index in [0.717, 1.165) is 5.56 Å². The number of likely N-dealkylation sites (N-methyl/N-ethyl adjacent to an activating group) is 1. The maximum Gasteiger partial charge on any atom is 0.246 e. The van der Waals surface area contributed by atoms with Gasteiger partial charge < -0.3 is 9.80 Å². The first-order chi connectivity index (χ1) is 11.4. The third-order valence-corrected chi connectivity index (χ3v) is 4.47. The van der Waals surface area contributed by atoms with Crippen molar-refractivity contribution < 1.29 is 9.59 Å². The molecule has 1 heterocycles. The first-order valence-electron chi connectivity index (χ1n) is 7.71. The van der Waals surface area contributed by atoms with Crippen molar-refractivity contribution in [3.8, 4) is 0 Å². The first-order valence-corrected chi connectivity index (χ1v) is 8.47. The van der Waals surface area contributed by atoms with Crippen LogP contribution in [0.25, 0.3) is 6.08 Å². The van der Waals surface area contributed by atoms with Crippen molar-refractivity contribution in [2.24, 2.45) is 0 Å². The van der Waals surface area contributed by atoms with Crippen LogP contribution in [0.5, 0.6) is 0 Å². The molecule has 0 saturated carbocycles. The quantitative estimate of drug-likeness (QED) is 0.764. The lowest BCUT2D eigenvalue weighted by atomic mass is 10.2. The van der Waals surface area contributed by atoms with Crippen molar-refractivity contribution in [2.45, 2.75) is 0 Å². The average molecular weight is 370 g/mol. The van der Waals surface area contributed by atoms with Gasteiger partial charge in [-0.15, -0.1) is 0 Å². The second-order valence-corrected chi connectivity index (χ2v) is 6.73. The van der Waals surface area contributed by atoms with Gasteiger partial charge in [0.1, 0.15) is 0 Å². The molecule has 1 aliphatic rings. The molecule has 1 saturated heterocycles. The molecular weight excluding hydrogens is 349 g/mol. The normalized spacial score (nSPS) is 15.8. The van der Waals surface area contributed by atoms with E-state index in [1.165, 1.54) is 6.08 Å². The third-order valence-electron chi connectivity index (χ3n) is 3.91. The molecule has 0 aliphatic carbocycles. The van der Waals surface area contributed by atoms with Crippen LogP contribution in [0.15, 0.2) is 24.3 Å². The van der Waals surface area contributed by atoms with Crippen molar-refractivity contribution >= 4 is 41.1 Å². The van der Waals surface area contributed by atoms with Crippen LogP contribution in [0, 0.1) is 0 Å². The molecule has 1 fully saturated rings. The first kappa shape index (κ1) is 18.8. The summed E-state index contributed by atoms with van der Waals surface area (Å²) in [6.07, 6.45) is 3.22. The van der Waals surface area contributed by atoms with E-state index in [2.05, 4.69) is 4.90 Å². The minimum absolute atomic E-state index is 0.0559.